The van der Waals surface area contributed by atoms with Crippen LogP contribution < -0.4 is 10.1 Å². The number of hydrogen-bond donors (Lipinski definition) is 1. The number of benzene rings is 2. The maximum Gasteiger partial charge on any atom is 0.258 e. The van der Waals surface area contributed by atoms with E-state index in [1.54, 1.807) is 30.3 Å². The fourth-order valence-electron chi connectivity index (χ4n) is 2.03. The topological polar surface area (TPSA) is 55.4 Å². The second-order valence-electron chi connectivity index (χ2n) is 4.93. The monoisotopic (exact) mass is 395 g/mol. The molecule has 2 rings (SSSR count). The number of halogens is 2. The largest absolute Gasteiger partial charge is 0.483 e. The number of rotatable bonds is 6. The van der Waals surface area contributed by atoms with Gasteiger partial charge < -0.3 is 10.1 Å². The highest BCUT2D eigenvalue weighted by molar-refractivity contribution is 9.10. The highest BCUT2D eigenvalue weighted by atomic mass is 79.9. The van der Waals surface area contributed by atoms with Crippen LogP contribution in [0.15, 0.2) is 46.9 Å². The molecule has 0 spiro atoms. The molecule has 0 saturated carbocycles. The van der Waals surface area contributed by atoms with Crippen LogP contribution in [-0.2, 0) is 4.79 Å². The van der Waals surface area contributed by atoms with Crippen molar-refractivity contribution in [1.29, 1.82) is 0 Å². The third-order valence-electron chi connectivity index (χ3n) is 3.18. The summed E-state index contributed by atoms with van der Waals surface area (Å²) in [6.07, 6.45) is 0.687. The maximum atomic E-state index is 12.0. The van der Waals surface area contributed by atoms with E-state index in [-0.39, 0.29) is 18.6 Å². The Morgan fingerprint density at radius 3 is 2.83 bits per heavy atom. The van der Waals surface area contributed by atoms with Crippen LogP contribution in [0, 0.1) is 0 Å². The van der Waals surface area contributed by atoms with Crippen molar-refractivity contribution in [2.24, 2.45) is 0 Å². The summed E-state index contributed by atoms with van der Waals surface area (Å²) in [7, 11) is 0. The molecule has 0 aliphatic carbocycles. The third-order valence-corrected chi connectivity index (χ3v) is 3.91. The molecule has 0 aliphatic heterocycles. The Hall–Kier alpha value is -1.85. The van der Waals surface area contributed by atoms with E-state index in [0.29, 0.717) is 22.6 Å². The molecule has 120 valence electrons. The number of aldehydes is 1. The summed E-state index contributed by atoms with van der Waals surface area (Å²) in [6.45, 7) is 1.69. The molecule has 0 radical (unpaired) electrons. The average Bonchev–Trinajstić information content (AvgIpc) is 2.53. The van der Waals surface area contributed by atoms with Crippen LogP contribution in [0.2, 0.25) is 5.02 Å². The van der Waals surface area contributed by atoms with Crippen molar-refractivity contribution in [1.82, 2.24) is 5.32 Å². The lowest BCUT2D eigenvalue weighted by molar-refractivity contribution is -0.123. The van der Waals surface area contributed by atoms with Gasteiger partial charge in [-0.2, -0.15) is 0 Å². The second-order valence-corrected chi connectivity index (χ2v) is 6.28. The SMILES string of the molecule is C[C@@H](NC(=O)COc1ccc(Br)cc1C=O)c1cccc(Cl)c1. The quantitative estimate of drug-likeness (QED) is 0.746. The van der Waals surface area contributed by atoms with Gasteiger partial charge in [-0.25, -0.2) is 0 Å². The number of nitrogens with one attached hydrogen (secondary N) is 1. The molecule has 0 saturated heterocycles. The van der Waals surface area contributed by atoms with Crippen LogP contribution in [0.25, 0.3) is 0 Å². The number of carbonyl (C=O) groups excluding carboxylic acids is 2. The van der Waals surface area contributed by atoms with Crippen LogP contribution in [0.5, 0.6) is 5.75 Å². The molecule has 6 heteroatoms. The van der Waals surface area contributed by atoms with Crippen molar-refractivity contribution in [3.8, 4) is 5.75 Å². The Morgan fingerprint density at radius 1 is 1.35 bits per heavy atom. The fraction of sp³-hybridized carbons (Fsp3) is 0.176. The van der Waals surface area contributed by atoms with Gasteiger partial charge in [-0.05, 0) is 42.8 Å². The molecule has 23 heavy (non-hydrogen) atoms. The number of amides is 1. The molecule has 0 unspecified atom stereocenters. The molecule has 1 amide bonds. The third kappa shape index (κ3) is 5.08. The Kier molecular flexibility index (Phi) is 6.19. The van der Waals surface area contributed by atoms with Gasteiger partial charge in [0.15, 0.2) is 12.9 Å². The number of hydrogen-bond acceptors (Lipinski definition) is 3. The Balaban J connectivity index is 1.94. The van der Waals surface area contributed by atoms with Crippen LogP contribution in [0.3, 0.4) is 0 Å². The van der Waals surface area contributed by atoms with Gasteiger partial charge >= 0.3 is 0 Å². The van der Waals surface area contributed by atoms with Gasteiger partial charge in [-0.3, -0.25) is 9.59 Å². The summed E-state index contributed by atoms with van der Waals surface area (Å²) in [5, 5.41) is 3.44. The van der Waals surface area contributed by atoms with Gasteiger partial charge in [0.1, 0.15) is 5.75 Å². The summed E-state index contributed by atoms with van der Waals surface area (Å²) in [4.78, 5) is 23.0. The van der Waals surface area contributed by atoms with Gasteiger partial charge in [0.2, 0.25) is 0 Å². The van der Waals surface area contributed by atoms with Crippen molar-refractivity contribution in [2.45, 2.75) is 13.0 Å². The first-order valence-corrected chi connectivity index (χ1v) is 8.09. The van der Waals surface area contributed by atoms with Crippen LogP contribution in [0.4, 0.5) is 0 Å². The molecule has 0 bridgehead atoms. The first-order valence-electron chi connectivity index (χ1n) is 6.92. The van der Waals surface area contributed by atoms with Crippen molar-refractivity contribution in [3.63, 3.8) is 0 Å². The van der Waals surface area contributed by atoms with Crippen molar-refractivity contribution >= 4 is 39.7 Å². The van der Waals surface area contributed by atoms with Gasteiger partial charge in [0.05, 0.1) is 11.6 Å². The molecule has 1 atom stereocenters. The lowest BCUT2D eigenvalue weighted by atomic mass is 10.1. The molecule has 0 heterocycles. The fourth-order valence-corrected chi connectivity index (χ4v) is 2.61. The molecule has 0 aliphatic rings. The summed E-state index contributed by atoms with van der Waals surface area (Å²) in [5.41, 5.74) is 1.29. The lowest BCUT2D eigenvalue weighted by Crippen LogP contribution is -2.31. The highest BCUT2D eigenvalue weighted by Gasteiger charge is 2.12. The minimum absolute atomic E-state index is 0.173. The zero-order chi connectivity index (χ0) is 16.8. The van der Waals surface area contributed by atoms with E-state index < -0.39 is 0 Å². The average molecular weight is 397 g/mol. The van der Waals surface area contributed by atoms with Crippen LogP contribution >= 0.6 is 27.5 Å². The van der Waals surface area contributed by atoms with E-state index in [9.17, 15) is 9.59 Å². The van der Waals surface area contributed by atoms with Crippen molar-refractivity contribution < 1.29 is 14.3 Å². The van der Waals surface area contributed by atoms with E-state index in [2.05, 4.69) is 21.2 Å². The number of ether oxygens (including phenoxy) is 1. The zero-order valence-corrected chi connectivity index (χ0v) is 14.7. The predicted molar refractivity (Wildman–Crippen MR) is 93.0 cm³/mol. The van der Waals surface area contributed by atoms with E-state index >= 15 is 0 Å². The van der Waals surface area contributed by atoms with Gasteiger partial charge in [0.25, 0.3) is 5.91 Å². The summed E-state index contributed by atoms with van der Waals surface area (Å²) >= 11 is 9.22. The molecule has 4 nitrogen and oxygen atoms in total. The molecule has 0 aromatic heterocycles. The van der Waals surface area contributed by atoms with Crippen molar-refractivity contribution in [3.05, 3.63) is 63.1 Å². The summed E-state index contributed by atoms with van der Waals surface area (Å²) in [5.74, 6) is 0.0889. The van der Waals surface area contributed by atoms with Crippen LogP contribution in [-0.4, -0.2) is 18.8 Å². The molecular weight excluding hydrogens is 382 g/mol. The Morgan fingerprint density at radius 2 is 2.13 bits per heavy atom. The normalized spacial score (nSPS) is 11.6. The van der Waals surface area contributed by atoms with E-state index in [4.69, 9.17) is 16.3 Å². The first kappa shape index (κ1) is 17.5. The van der Waals surface area contributed by atoms with Gasteiger partial charge in [-0.1, -0.05) is 39.7 Å². The minimum Gasteiger partial charge on any atom is -0.483 e. The standard InChI is InChI=1S/C17H15BrClNO3/c1-11(12-3-2-4-15(19)8-12)20-17(22)10-23-16-6-5-14(18)7-13(16)9-21/h2-9,11H,10H2,1H3,(H,20,22)/t11-/m1/s1. The summed E-state index contributed by atoms with van der Waals surface area (Å²) in [6, 6.07) is 12.1. The zero-order valence-electron chi connectivity index (χ0n) is 12.4. The molecule has 2 aromatic rings. The Labute approximate surface area is 147 Å². The predicted octanol–water partition coefficient (Wildman–Crippen LogP) is 4.17. The second kappa shape index (κ2) is 8.13. The van der Waals surface area contributed by atoms with Gasteiger partial charge in [-0.15, -0.1) is 0 Å². The maximum absolute atomic E-state index is 12.0. The highest BCUT2D eigenvalue weighted by Crippen LogP contribution is 2.22. The molecular formula is C17H15BrClNO3. The minimum atomic E-state index is -0.280. The van der Waals surface area contributed by atoms with Gasteiger partial charge in [0, 0.05) is 9.50 Å². The number of carbonyl (C=O) groups is 2. The van der Waals surface area contributed by atoms with Crippen LogP contribution in [0.1, 0.15) is 28.9 Å². The first-order chi connectivity index (χ1) is 11.0. The Bertz CT molecular complexity index is 721. The van der Waals surface area contributed by atoms with E-state index in [1.807, 2.05) is 19.1 Å². The smallest absolute Gasteiger partial charge is 0.258 e. The molecule has 2 aromatic carbocycles. The lowest BCUT2D eigenvalue weighted by Gasteiger charge is -2.15. The van der Waals surface area contributed by atoms with Crippen molar-refractivity contribution in [2.75, 3.05) is 6.61 Å². The molecule has 0 fully saturated rings. The molecule has 1 N–H and O–H groups in total. The van der Waals surface area contributed by atoms with E-state index in [0.717, 1.165) is 10.0 Å². The van der Waals surface area contributed by atoms with E-state index in [1.165, 1.54) is 0 Å². The summed E-state index contributed by atoms with van der Waals surface area (Å²) < 4.78 is 6.18.